The number of nitrogens with zero attached hydrogens (tertiary/aromatic N) is 4. The van der Waals surface area contributed by atoms with Gasteiger partial charge in [-0.15, -0.1) is 0 Å². The van der Waals surface area contributed by atoms with E-state index in [0.29, 0.717) is 43.7 Å². The van der Waals surface area contributed by atoms with Gasteiger partial charge in [0, 0.05) is 53.5 Å². The molecule has 4 amide bonds. The highest BCUT2D eigenvalue weighted by atomic mass is 16.5. The summed E-state index contributed by atoms with van der Waals surface area (Å²) in [5.74, 6) is -2.40. The first-order valence-corrected chi connectivity index (χ1v) is 20.3. The Hall–Kier alpha value is -4.67. The predicted molar refractivity (Wildman–Crippen MR) is 221 cm³/mol. The van der Waals surface area contributed by atoms with E-state index in [1.807, 2.05) is 58.0 Å². The molecular formula is C42H66N8O8. The third-order valence-electron chi connectivity index (χ3n) is 11.2. The monoisotopic (exact) mass is 811 g/mol. The number of carbonyl (C=O) groups excluding carboxylic acids is 5. The number of likely N-dealkylation sites (N-methyl/N-ethyl adjacent to an activating group) is 1. The number of esters is 1. The highest BCUT2D eigenvalue weighted by Gasteiger charge is 2.43. The minimum absolute atomic E-state index is 0.00606. The number of nitrogens with two attached hydrogens (primary N) is 1. The van der Waals surface area contributed by atoms with Crippen LogP contribution in [-0.2, 0) is 39.8 Å². The van der Waals surface area contributed by atoms with Crippen molar-refractivity contribution < 1.29 is 38.2 Å². The van der Waals surface area contributed by atoms with E-state index in [4.69, 9.17) is 19.9 Å². The molecule has 0 aliphatic carbocycles. The van der Waals surface area contributed by atoms with Crippen LogP contribution in [0, 0.1) is 24.7 Å². The van der Waals surface area contributed by atoms with Gasteiger partial charge in [0.25, 0.3) is 5.91 Å². The summed E-state index contributed by atoms with van der Waals surface area (Å²) in [4.78, 5) is 79.7. The summed E-state index contributed by atoms with van der Waals surface area (Å²) < 4.78 is 17.0. The third kappa shape index (κ3) is 12.4. The smallest absolute Gasteiger partial charge is 0.328 e. The number of hydrogen-bond donors (Lipinski definition) is 4. The number of anilines is 1. The molecule has 1 aromatic heterocycles. The van der Waals surface area contributed by atoms with Crippen LogP contribution in [0.3, 0.4) is 0 Å². The lowest BCUT2D eigenvalue weighted by molar-refractivity contribution is -0.148. The number of methoxy groups -OCH3 is 3. The number of carbonyl (C=O) groups is 5. The summed E-state index contributed by atoms with van der Waals surface area (Å²) in [6, 6.07) is 6.85. The fourth-order valence-electron chi connectivity index (χ4n) is 7.71. The van der Waals surface area contributed by atoms with E-state index in [1.54, 1.807) is 37.8 Å². The summed E-state index contributed by atoms with van der Waals surface area (Å²) in [5, 5.41) is 8.76. The standard InChI is InChI=1S/C42H66N8O8/c1-11-26(4)36(49(7)40(54)35(25(2)3)48-42-45-24-30(28(6)46-42)39(53)44-20-19-43)33(56-8)23-34(51)50-21-15-18-32(50)37(57-9)27(5)38(52)47-31(41(55)58-10)22-29-16-13-12-14-17-29/h12-14,16-17,24-27,31-33,35-37H,11,15,18-23,43H2,1-10H3,(H,44,53)(H,47,52)(H,45,46,48)/t26-,27+,31-,32-,33+,35-,36-,37+/m0/s1. The van der Waals surface area contributed by atoms with Gasteiger partial charge in [-0.2, -0.15) is 0 Å². The SMILES string of the molecule is CC[C@H](C)[C@@H]([C@@H](CC(=O)N1CCC[C@H]1[C@H](OC)[C@@H](C)C(=O)N[C@@H](Cc1ccccc1)C(=O)OC)OC)N(C)C(=O)[C@@H](Nc1ncc(C(=O)NCCN)c(C)n1)C(C)C. The van der Waals surface area contributed by atoms with Gasteiger partial charge in [0.05, 0.1) is 55.0 Å². The van der Waals surface area contributed by atoms with E-state index in [9.17, 15) is 24.0 Å². The number of nitrogens with one attached hydrogen (secondary N) is 3. The van der Waals surface area contributed by atoms with Crippen molar-refractivity contribution in [3.05, 3.63) is 53.3 Å². The van der Waals surface area contributed by atoms with Gasteiger partial charge >= 0.3 is 5.97 Å². The quantitative estimate of drug-likeness (QED) is 0.127. The van der Waals surface area contributed by atoms with Crippen molar-refractivity contribution in [3.8, 4) is 0 Å². The van der Waals surface area contributed by atoms with Crippen molar-refractivity contribution in [2.24, 2.45) is 23.5 Å². The molecule has 58 heavy (non-hydrogen) atoms. The number of likely N-dealkylation sites (tertiary alicyclic amines) is 1. The summed E-state index contributed by atoms with van der Waals surface area (Å²) >= 11 is 0. The molecule has 2 heterocycles. The zero-order valence-corrected chi connectivity index (χ0v) is 35.9. The molecule has 16 nitrogen and oxygen atoms in total. The van der Waals surface area contributed by atoms with Crippen LogP contribution in [0.1, 0.15) is 81.9 Å². The van der Waals surface area contributed by atoms with Crippen LogP contribution in [0.15, 0.2) is 36.5 Å². The van der Waals surface area contributed by atoms with E-state index in [2.05, 4.69) is 25.9 Å². The van der Waals surface area contributed by atoms with E-state index in [1.165, 1.54) is 20.4 Å². The van der Waals surface area contributed by atoms with Gasteiger partial charge < -0.3 is 45.7 Å². The van der Waals surface area contributed by atoms with Crippen molar-refractivity contribution in [2.45, 2.75) is 110 Å². The van der Waals surface area contributed by atoms with E-state index < -0.39 is 48.3 Å². The van der Waals surface area contributed by atoms with Crippen molar-refractivity contribution in [1.29, 1.82) is 0 Å². The second kappa shape index (κ2) is 23.1. The molecule has 322 valence electrons. The summed E-state index contributed by atoms with van der Waals surface area (Å²) in [7, 11) is 6.08. The first-order valence-electron chi connectivity index (χ1n) is 20.3. The Labute approximate surface area is 343 Å². The number of hydrogen-bond acceptors (Lipinski definition) is 12. The minimum atomic E-state index is -0.900. The summed E-state index contributed by atoms with van der Waals surface area (Å²) in [6.07, 6.45) is 2.42. The minimum Gasteiger partial charge on any atom is -0.467 e. The fraction of sp³-hybridized carbons (Fsp3) is 0.643. The van der Waals surface area contributed by atoms with Crippen LogP contribution in [0.2, 0.25) is 0 Å². The number of rotatable bonds is 22. The maximum absolute atomic E-state index is 14.3. The molecule has 2 aromatic rings. The van der Waals surface area contributed by atoms with Crippen LogP contribution >= 0.6 is 0 Å². The number of amides is 4. The molecular weight excluding hydrogens is 745 g/mol. The molecule has 0 radical (unpaired) electrons. The maximum Gasteiger partial charge on any atom is 0.328 e. The van der Waals surface area contributed by atoms with Gasteiger partial charge in [0.15, 0.2) is 0 Å². The largest absolute Gasteiger partial charge is 0.467 e. The van der Waals surface area contributed by atoms with E-state index in [0.717, 1.165) is 12.0 Å². The molecule has 1 saturated heterocycles. The Morgan fingerprint density at radius 2 is 1.72 bits per heavy atom. The van der Waals surface area contributed by atoms with Gasteiger partial charge in [-0.05, 0) is 37.2 Å². The van der Waals surface area contributed by atoms with E-state index >= 15 is 0 Å². The maximum atomic E-state index is 14.3. The Morgan fingerprint density at radius 1 is 1.03 bits per heavy atom. The molecule has 1 fully saturated rings. The first kappa shape index (κ1) is 47.7. The number of aromatic nitrogens is 2. The average Bonchev–Trinajstić information content (AvgIpc) is 3.70. The molecule has 1 aliphatic heterocycles. The highest BCUT2D eigenvalue weighted by Crippen LogP contribution is 2.30. The number of ether oxygens (including phenoxy) is 3. The number of benzene rings is 1. The Morgan fingerprint density at radius 3 is 2.29 bits per heavy atom. The van der Waals surface area contributed by atoms with E-state index in [-0.39, 0.29) is 54.3 Å². The molecule has 1 aromatic carbocycles. The normalized spacial score (nSPS) is 17.7. The molecule has 5 N–H and O–H groups in total. The third-order valence-corrected chi connectivity index (χ3v) is 11.2. The van der Waals surface area contributed by atoms with Gasteiger partial charge in [-0.3, -0.25) is 19.2 Å². The van der Waals surface area contributed by atoms with Crippen molar-refractivity contribution in [2.75, 3.05) is 53.3 Å². The predicted octanol–water partition coefficient (Wildman–Crippen LogP) is 2.73. The Bertz CT molecular complexity index is 1660. The van der Waals surface area contributed by atoms with Crippen LogP contribution < -0.4 is 21.7 Å². The lowest BCUT2D eigenvalue weighted by Gasteiger charge is -2.40. The Kier molecular flexibility index (Phi) is 19.0. The van der Waals surface area contributed by atoms with Crippen LogP contribution in [0.5, 0.6) is 0 Å². The van der Waals surface area contributed by atoms with Crippen molar-refractivity contribution in [1.82, 2.24) is 30.4 Å². The van der Waals surface area contributed by atoms with Crippen molar-refractivity contribution >= 4 is 35.5 Å². The molecule has 0 saturated carbocycles. The van der Waals surface area contributed by atoms with Gasteiger partial charge in [-0.25, -0.2) is 14.8 Å². The second-order valence-corrected chi connectivity index (χ2v) is 15.5. The summed E-state index contributed by atoms with van der Waals surface area (Å²) in [6.45, 7) is 12.4. The Balaban J connectivity index is 1.78. The molecule has 1 aliphatic rings. The lowest BCUT2D eigenvalue weighted by Crippen LogP contribution is -2.56. The summed E-state index contributed by atoms with van der Waals surface area (Å²) in [5.41, 5.74) is 7.15. The zero-order chi connectivity index (χ0) is 43.1. The zero-order valence-electron chi connectivity index (χ0n) is 35.9. The number of aryl methyl sites for hydroxylation is 1. The second-order valence-electron chi connectivity index (χ2n) is 15.5. The molecule has 0 unspecified atom stereocenters. The average molecular weight is 811 g/mol. The highest BCUT2D eigenvalue weighted by molar-refractivity contribution is 5.95. The van der Waals surface area contributed by atoms with Gasteiger partial charge in [0.2, 0.25) is 23.7 Å². The first-order chi connectivity index (χ1) is 27.6. The molecule has 0 bridgehead atoms. The molecule has 16 heteroatoms. The molecule has 0 spiro atoms. The van der Waals surface area contributed by atoms with Crippen molar-refractivity contribution in [3.63, 3.8) is 0 Å². The van der Waals surface area contributed by atoms with Crippen LogP contribution in [-0.4, -0.2) is 134 Å². The molecule has 3 rings (SSSR count). The van der Waals surface area contributed by atoms with Gasteiger partial charge in [0.1, 0.15) is 12.1 Å². The van der Waals surface area contributed by atoms with Gasteiger partial charge in [-0.1, -0.05) is 71.4 Å². The van der Waals surface area contributed by atoms with Crippen LogP contribution in [0.4, 0.5) is 5.95 Å². The molecule has 8 atom stereocenters. The van der Waals surface area contributed by atoms with Crippen LogP contribution in [0.25, 0.3) is 0 Å². The lowest BCUT2D eigenvalue weighted by atomic mass is 9.89. The fourth-order valence-corrected chi connectivity index (χ4v) is 7.71. The topological polar surface area (TPSA) is 207 Å².